The number of amides is 2. The number of aliphatic hydroxyl groups is 1. The third-order valence-electron chi connectivity index (χ3n) is 6.88. The van der Waals surface area contributed by atoms with Crippen LogP contribution in [0.3, 0.4) is 0 Å². The van der Waals surface area contributed by atoms with E-state index in [9.17, 15) is 32.3 Å². The van der Waals surface area contributed by atoms with Gasteiger partial charge < -0.3 is 26.6 Å². The number of pyridine rings is 2. The Morgan fingerprint density at radius 1 is 1.18 bits per heavy atom. The van der Waals surface area contributed by atoms with Gasteiger partial charge in [0, 0.05) is 29.0 Å². The molecule has 4 heterocycles. The van der Waals surface area contributed by atoms with E-state index in [0.717, 1.165) is 18.2 Å². The number of hydrogen-bond acceptors (Lipinski definition) is 7. The number of ether oxygens (including phenoxy) is 1. The number of nitrogens with zero attached hydrogens (tertiary/aromatic N) is 3. The molecule has 1 aromatic carbocycles. The van der Waals surface area contributed by atoms with Crippen LogP contribution in [0.5, 0.6) is 5.75 Å². The van der Waals surface area contributed by atoms with Crippen molar-refractivity contribution >= 4 is 23.1 Å². The van der Waals surface area contributed by atoms with E-state index < -0.39 is 47.1 Å². The molecular formula is C26H22F4N6O4. The molecule has 0 saturated heterocycles. The molecule has 0 radical (unpaired) electrons. The van der Waals surface area contributed by atoms with Gasteiger partial charge in [-0.1, -0.05) is 0 Å². The second-order valence-electron chi connectivity index (χ2n) is 9.62. The van der Waals surface area contributed by atoms with Crippen LogP contribution >= 0.6 is 0 Å². The number of nitrogen functional groups attached to an aromatic ring is 1. The smallest absolute Gasteiger partial charge is 0.424 e. The third kappa shape index (κ3) is 4.35. The van der Waals surface area contributed by atoms with Gasteiger partial charge in [-0.15, -0.1) is 0 Å². The predicted octanol–water partition coefficient (Wildman–Crippen LogP) is 2.43. The molecule has 5 rings (SSSR count). The highest BCUT2D eigenvalue weighted by atomic mass is 19.4. The number of halogens is 4. The van der Waals surface area contributed by atoms with E-state index in [1.165, 1.54) is 48.0 Å². The molecule has 0 bridgehead atoms. The van der Waals surface area contributed by atoms with Crippen molar-refractivity contribution in [2.75, 3.05) is 18.9 Å². The van der Waals surface area contributed by atoms with E-state index >= 15 is 0 Å². The molecule has 1 aliphatic heterocycles. The van der Waals surface area contributed by atoms with Gasteiger partial charge >= 0.3 is 6.18 Å². The topological polar surface area (TPSA) is 158 Å². The highest BCUT2D eigenvalue weighted by molar-refractivity contribution is 5.95. The minimum atomic E-state index is -5.34. The number of alkyl halides is 3. The molecule has 40 heavy (non-hydrogen) atoms. The fourth-order valence-electron chi connectivity index (χ4n) is 4.40. The largest absolute Gasteiger partial charge is 0.489 e. The highest BCUT2D eigenvalue weighted by Gasteiger charge is 2.57. The van der Waals surface area contributed by atoms with Gasteiger partial charge in [-0.05, 0) is 49.4 Å². The summed E-state index contributed by atoms with van der Waals surface area (Å²) in [6, 6.07) is 9.70. The predicted molar refractivity (Wildman–Crippen MR) is 134 cm³/mol. The van der Waals surface area contributed by atoms with E-state index in [1.54, 1.807) is 0 Å². The molecule has 0 saturated carbocycles. The highest BCUT2D eigenvalue weighted by Crippen LogP contribution is 2.47. The second kappa shape index (κ2) is 9.19. The monoisotopic (exact) mass is 558 g/mol. The van der Waals surface area contributed by atoms with E-state index in [-0.39, 0.29) is 40.6 Å². The molecule has 1 aliphatic rings. The molecular weight excluding hydrogens is 536 g/mol. The van der Waals surface area contributed by atoms with Crippen LogP contribution in [0.4, 0.5) is 23.4 Å². The number of nitrogens with two attached hydrogens (primary N) is 2. The summed E-state index contributed by atoms with van der Waals surface area (Å²) in [4.78, 5) is 29.2. The molecule has 208 valence electrons. The van der Waals surface area contributed by atoms with Gasteiger partial charge in [0.25, 0.3) is 5.91 Å². The fourth-order valence-corrected chi connectivity index (χ4v) is 4.40. The number of aromatic nitrogens is 3. The van der Waals surface area contributed by atoms with Crippen molar-refractivity contribution in [3.8, 4) is 17.0 Å². The zero-order valence-corrected chi connectivity index (χ0v) is 20.8. The van der Waals surface area contributed by atoms with Crippen molar-refractivity contribution in [3.05, 3.63) is 77.4 Å². The summed E-state index contributed by atoms with van der Waals surface area (Å²) in [6.45, 7) is -0.238. The molecule has 10 nitrogen and oxygen atoms in total. The summed E-state index contributed by atoms with van der Waals surface area (Å²) >= 11 is 0. The first-order valence-electron chi connectivity index (χ1n) is 11.8. The zero-order chi connectivity index (χ0) is 29.0. The molecule has 0 aliphatic carbocycles. The molecule has 14 heteroatoms. The van der Waals surface area contributed by atoms with Crippen molar-refractivity contribution in [2.24, 2.45) is 5.73 Å². The van der Waals surface area contributed by atoms with Gasteiger partial charge in [-0.3, -0.25) is 9.59 Å². The molecule has 1 unspecified atom stereocenters. The molecule has 2 amide bonds. The Kier molecular flexibility index (Phi) is 6.17. The van der Waals surface area contributed by atoms with Crippen LogP contribution < -0.4 is 21.5 Å². The van der Waals surface area contributed by atoms with Crippen molar-refractivity contribution in [1.82, 2.24) is 19.9 Å². The van der Waals surface area contributed by atoms with Crippen LogP contribution in [-0.4, -0.2) is 50.8 Å². The van der Waals surface area contributed by atoms with Crippen molar-refractivity contribution in [3.63, 3.8) is 0 Å². The standard InChI is InChI=1S/C26H22F4N6O4/c1-24(23(32)38)12-40-21-17(24)10-18(34-20(21)13-2-4-15(27)5-3-13)25(39,26(28,29)30)11-33-22(37)14-6-7-36-16(8-14)9-19(31)35-36/h2-10,39H,11-12H2,1H3,(H2,31,35)(H2,32,38)(H,33,37)/t24-,25?/m0/s1. The van der Waals surface area contributed by atoms with Gasteiger partial charge in [-0.2, -0.15) is 18.3 Å². The number of primary amides is 1. The Hall–Kier alpha value is -4.72. The van der Waals surface area contributed by atoms with Crippen LogP contribution in [0, 0.1) is 5.82 Å². The first-order chi connectivity index (χ1) is 18.7. The van der Waals surface area contributed by atoms with Crippen LogP contribution in [0.15, 0.2) is 54.7 Å². The van der Waals surface area contributed by atoms with Gasteiger partial charge in [0.15, 0.2) is 0 Å². The number of hydrogen-bond donors (Lipinski definition) is 4. The first-order valence-corrected chi connectivity index (χ1v) is 11.8. The van der Waals surface area contributed by atoms with Crippen LogP contribution in [0.25, 0.3) is 16.8 Å². The average molecular weight is 558 g/mol. The van der Waals surface area contributed by atoms with Crippen LogP contribution in [-0.2, 0) is 15.8 Å². The minimum Gasteiger partial charge on any atom is -0.489 e. The van der Waals surface area contributed by atoms with Crippen LogP contribution in [0.1, 0.15) is 28.5 Å². The molecule has 0 fully saturated rings. The van der Waals surface area contributed by atoms with E-state index in [2.05, 4.69) is 15.4 Å². The van der Waals surface area contributed by atoms with Crippen molar-refractivity contribution < 1.29 is 37.0 Å². The third-order valence-corrected chi connectivity index (χ3v) is 6.88. The summed E-state index contributed by atoms with van der Waals surface area (Å²) in [5.41, 5.74) is 5.36. The number of fused-ring (bicyclic) bond motifs is 2. The molecule has 0 spiro atoms. The maximum absolute atomic E-state index is 14.5. The lowest BCUT2D eigenvalue weighted by atomic mass is 9.81. The average Bonchev–Trinajstić information content (AvgIpc) is 3.45. The van der Waals surface area contributed by atoms with Gasteiger partial charge in [0.05, 0.1) is 17.8 Å². The zero-order valence-electron chi connectivity index (χ0n) is 20.8. The summed E-state index contributed by atoms with van der Waals surface area (Å²) in [7, 11) is 0. The maximum Gasteiger partial charge on any atom is 0.424 e. The number of anilines is 1. The Bertz CT molecular complexity index is 1660. The normalized spacial score (nSPS) is 18.1. The SMILES string of the molecule is C[C@]1(C(N)=O)COc2c1cc(C(O)(CNC(=O)c1ccn3nc(N)cc3c1)C(F)(F)F)nc2-c1ccc(F)cc1. The number of benzene rings is 1. The summed E-state index contributed by atoms with van der Waals surface area (Å²) in [6.07, 6.45) is -3.94. The summed E-state index contributed by atoms with van der Waals surface area (Å²) in [5.74, 6) is -2.26. The lowest BCUT2D eigenvalue weighted by Crippen LogP contribution is -2.51. The lowest BCUT2D eigenvalue weighted by Gasteiger charge is -2.31. The molecule has 3 aromatic heterocycles. The Labute approximate surface area is 223 Å². The lowest BCUT2D eigenvalue weighted by molar-refractivity contribution is -0.265. The number of nitrogens with one attached hydrogen (secondary N) is 1. The molecule has 2 atom stereocenters. The molecule has 4 aromatic rings. The fraction of sp³-hybridized carbons (Fsp3) is 0.231. The second-order valence-corrected chi connectivity index (χ2v) is 9.62. The Balaban J connectivity index is 1.58. The first kappa shape index (κ1) is 26.9. The Morgan fingerprint density at radius 3 is 2.52 bits per heavy atom. The van der Waals surface area contributed by atoms with Crippen molar-refractivity contribution in [2.45, 2.75) is 24.1 Å². The quantitative estimate of drug-likeness (QED) is 0.265. The minimum absolute atomic E-state index is 0.0134. The number of rotatable bonds is 6. The summed E-state index contributed by atoms with van der Waals surface area (Å²) < 4.78 is 64.1. The molecule has 6 N–H and O–H groups in total. The number of carbonyl (C=O) groups is 2. The van der Waals surface area contributed by atoms with Gasteiger partial charge in [0.2, 0.25) is 11.5 Å². The van der Waals surface area contributed by atoms with Crippen LogP contribution in [0.2, 0.25) is 0 Å². The van der Waals surface area contributed by atoms with Gasteiger partial charge in [0.1, 0.15) is 35.1 Å². The van der Waals surface area contributed by atoms with E-state index in [1.807, 2.05) is 0 Å². The van der Waals surface area contributed by atoms with Gasteiger partial charge in [-0.25, -0.2) is 13.9 Å². The van der Waals surface area contributed by atoms with E-state index in [0.29, 0.717) is 5.52 Å². The van der Waals surface area contributed by atoms with E-state index in [4.69, 9.17) is 16.2 Å². The van der Waals surface area contributed by atoms with Crippen molar-refractivity contribution in [1.29, 1.82) is 0 Å². The maximum atomic E-state index is 14.5. The summed E-state index contributed by atoms with van der Waals surface area (Å²) in [5, 5.41) is 17.2. The number of carbonyl (C=O) groups excluding carboxylic acids is 2. The Morgan fingerprint density at radius 2 is 1.88 bits per heavy atom.